The zero-order valence-corrected chi connectivity index (χ0v) is 13.6. The highest BCUT2D eigenvalue weighted by Crippen LogP contribution is 2.19. The zero-order valence-electron chi connectivity index (χ0n) is 12.1. The van der Waals surface area contributed by atoms with Crippen LogP contribution in [0.4, 0.5) is 0 Å². The van der Waals surface area contributed by atoms with E-state index in [1.54, 1.807) is 12.1 Å². The van der Waals surface area contributed by atoms with Gasteiger partial charge in [-0.1, -0.05) is 18.5 Å². The summed E-state index contributed by atoms with van der Waals surface area (Å²) in [6.45, 7) is 7.24. The van der Waals surface area contributed by atoms with Crippen molar-refractivity contribution in [3.05, 3.63) is 34.3 Å². The van der Waals surface area contributed by atoms with Crippen LogP contribution in [-0.2, 0) is 0 Å². The number of carbonyl (C=O) groups is 1. The summed E-state index contributed by atoms with van der Waals surface area (Å²) in [5, 5.41) is 7.22. The first-order valence-corrected chi connectivity index (χ1v) is 7.17. The fraction of sp³-hybridized carbons (Fsp3) is 0.533. The zero-order chi connectivity index (χ0) is 14.0. The summed E-state index contributed by atoms with van der Waals surface area (Å²) in [7, 11) is 0. The third kappa shape index (κ3) is 3.87. The lowest BCUT2D eigenvalue weighted by molar-refractivity contribution is 0.0897. The Kier molecular flexibility index (Phi) is 6.31. The van der Waals surface area contributed by atoms with E-state index >= 15 is 0 Å². The summed E-state index contributed by atoms with van der Waals surface area (Å²) in [5.74, 6) is 0.481. The van der Waals surface area contributed by atoms with Crippen molar-refractivity contribution >= 4 is 29.9 Å². The molecule has 1 aromatic carbocycles. The van der Waals surface area contributed by atoms with Gasteiger partial charge in [-0.3, -0.25) is 4.79 Å². The van der Waals surface area contributed by atoms with Gasteiger partial charge in [0.15, 0.2) is 0 Å². The number of halogens is 2. The molecule has 2 N–H and O–H groups in total. The largest absolute Gasteiger partial charge is 0.347 e. The second kappa shape index (κ2) is 7.30. The van der Waals surface area contributed by atoms with Gasteiger partial charge < -0.3 is 10.6 Å². The number of hydrogen-bond donors (Lipinski definition) is 2. The van der Waals surface area contributed by atoms with E-state index in [2.05, 4.69) is 24.5 Å². The van der Waals surface area contributed by atoms with Crippen molar-refractivity contribution in [3.8, 4) is 0 Å². The van der Waals surface area contributed by atoms with Crippen molar-refractivity contribution in [2.75, 3.05) is 6.54 Å². The molecule has 3 atom stereocenters. The molecule has 0 aliphatic carbocycles. The maximum absolute atomic E-state index is 12.4. The number of benzene rings is 1. The Labute approximate surface area is 131 Å². The van der Waals surface area contributed by atoms with Gasteiger partial charge in [-0.15, -0.1) is 12.4 Å². The molecule has 0 aromatic heterocycles. The summed E-state index contributed by atoms with van der Waals surface area (Å²) in [6, 6.07) is 5.85. The van der Waals surface area contributed by atoms with Crippen molar-refractivity contribution in [3.63, 3.8) is 0 Å². The Bertz CT molecular complexity index is 469. The van der Waals surface area contributed by atoms with E-state index in [4.69, 9.17) is 11.6 Å². The Morgan fingerprint density at radius 3 is 2.70 bits per heavy atom. The topological polar surface area (TPSA) is 41.1 Å². The molecule has 1 aliphatic rings. The molecule has 1 amide bonds. The number of aryl methyl sites for hydroxylation is 1. The van der Waals surface area contributed by atoms with Crippen molar-refractivity contribution in [1.29, 1.82) is 0 Å². The molecule has 112 valence electrons. The van der Waals surface area contributed by atoms with E-state index in [1.165, 1.54) is 0 Å². The second-order valence-electron chi connectivity index (χ2n) is 5.47. The lowest BCUT2D eigenvalue weighted by Crippen LogP contribution is -2.55. The van der Waals surface area contributed by atoms with E-state index in [1.807, 2.05) is 13.0 Å². The second-order valence-corrected chi connectivity index (χ2v) is 5.90. The predicted octanol–water partition coefficient (Wildman–Crippen LogP) is 3.19. The maximum atomic E-state index is 12.4. The van der Waals surface area contributed by atoms with Crippen LogP contribution in [-0.4, -0.2) is 24.5 Å². The summed E-state index contributed by atoms with van der Waals surface area (Å²) >= 11 is 5.92. The Hall–Kier alpha value is -0.770. The molecule has 1 saturated heterocycles. The number of piperidine rings is 1. The molecule has 3 unspecified atom stereocenters. The molecule has 1 aliphatic heterocycles. The molecule has 0 bridgehead atoms. The van der Waals surface area contributed by atoms with E-state index in [0.29, 0.717) is 22.5 Å². The molecule has 20 heavy (non-hydrogen) atoms. The van der Waals surface area contributed by atoms with Crippen LogP contribution in [0.25, 0.3) is 0 Å². The minimum absolute atomic E-state index is 0. The summed E-state index contributed by atoms with van der Waals surface area (Å²) in [5.41, 5.74) is 1.61. The maximum Gasteiger partial charge on any atom is 0.251 e. The lowest BCUT2D eigenvalue weighted by Gasteiger charge is -2.36. The quantitative estimate of drug-likeness (QED) is 0.879. The third-order valence-corrected chi connectivity index (χ3v) is 4.18. The molecule has 0 radical (unpaired) electrons. The van der Waals surface area contributed by atoms with Crippen LogP contribution in [0.5, 0.6) is 0 Å². The molecule has 1 fully saturated rings. The molecule has 1 aromatic rings. The molecule has 0 saturated carbocycles. The van der Waals surface area contributed by atoms with Crippen molar-refractivity contribution < 1.29 is 4.79 Å². The number of carbonyl (C=O) groups excluding carboxylic acids is 1. The van der Waals surface area contributed by atoms with Crippen molar-refractivity contribution in [2.24, 2.45) is 5.92 Å². The van der Waals surface area contributed by atoms with Gasteiger partial charge in [-0.05, 0) is 56.5 Å². The van der Waals surface area contributed by atoms with E-state index in [9.17, 15) is 4.79 Å². The van der Waals surface area contributed by atoms with E-state index in [-0.39, 0.29) is 24.4 Å². The number of hydrogen-bond acceptors (Lipinski definition) is 2. The van der Waals surface area contributed by atoms with E-state index < -0.39 is 0 Å². The predicted molar refractivity (Wildman–Crippen MR) is 85.9 cm³/mol. The summed E-state index contributed by atoms with van der Waals surface area (Å²) in [6.07, 6.45) is 1.09. The third-order valence-electron chi connectivity index (χ3n) is 3.95. The van der Waals surface area contributed by atoms with Crippen molar-refractivity contribution in [2.45, 2.75) is 39.3 Å². The normalized spacial score (nSPS) is 25.7. The van der Waals surface area contributed by atoms with Gasteiger partial charge in [0, 0.05) is 22.7 Å². The first kappa shape index (κ1) is 17.3. The molecule has 0 spiro atoms. The van der Waals surface area contributed by atoms with Gasteiger partial charge in [0.05, 0.1) is 0 Å². The SMILES string of the molecule is Cc1cc(Cl)ccc1C(=O)NC1C(C)CCNC1C.Cl. The Morgan fingerprint density at radius 2 is 2.10 bits per heavy atom. The Morgan fingerprint density at radius 1 is 1.40 bits per heavy atom. The van der Waals surface area contributed by atoms with Gasteiger partial charge in [0.2, 0.25) is 0 Å². The standard InChI is InChI=1S/C15H21ClN2O.ClH/c1-9-6-7-17-11(3)14(9)18-15(19)13-5-4-12(16)8-10(13)2;/h4-5,8-9,11,14,17H,6-7H2,1-3H3,(H,18,19);1H. The highest BCUT2D eigenvalue weighted by molar-refractivity contribution is 6.30. The molecular weight excluding hydrogens is 295 g/mol. The van der Waals surface area contributed by atoms with Gasteiger partial charge in [-0.2, -0.15) is 0 Å². The van der Waals surface area contributed by atoms with Crippen molar-refractivity contribution in [1.82, 2.24) is 10.6 Å². The van der Waals surface area contributed by atoms with Gasteiger partial charge in [0.1, 0.15) is 0 Å². The van der Waals surface area contributed by atoms with Gasteiger partial charge >= 0.3 is 0 Å². The number of amides is 1. The molecule has 1 heterocycles. The molecule has 3 nitrogen and oxygen atoms in total. The highest BCUT2D eigenvalue weighted by Gasteiger charge is 2.29. The molecular formula is C15H22Cl2N2O. The van der Waals surface area contributed by atoms with Crippen LogP contribution >= 0.6 is 24.0 Å². The number of rotatable bonds is 2. The van der Waals surface area contributed by atoms with Gasteiger partial charge in [-0.25, -0.2) is 0 Å². The summed E-state index contributed by atoms with van der Waals surface area (Å²) in [4.78, 5) is 12.4. The number of nitrogens with one attached hydrogen (secondary N) is 2. The van der Waals surface area contributed by atoms with E-state index in [0.717, 1.165) is 18.5 Å². The minimum Gasteiger partial charge on any atom is -0.347 e. The first-order chi connectivity index (χ1) is 8.99. The van der Waals surface area contributed by atoms with Crippen LogP contribution in [0, 0.1) is 12.8 Å². The van der Waals surface area contributed by atoms with Gasteiger partial charge in [0.25, 0.3) is 5.91 Å². The average Bonchev–Trinajstić information content (AvgIpc) is 2.33. The van der Waals surface area contributed by atoms with Crippen LogP contribution in [0.2, 0.25) is 5.02 Å². The fourth-order valence-corrected chi connectivity index (χ4v) is 2.94. The van der Waals surface area contributed by atoms with Crippen LogP contribution in [0.1, 0.15) is 36.2 Å². The minimum atomic E-state index is -0.0124. The lowest BCUT2D eigenvalue weighted by atomic mass is 9.89. The molecule has 5 heteroatoms. The smallest absolute Gasteiger partial charge is 0.251 e. The first-order valence-electron chi connectivity index (χ1n) is 6.79. The monoisotopic (exact) mass is 316 g/mol. The molecule has 2 rings (SSSR count). The van der Waals surface area contributed by atoms with Crippen LogP contribution in [0.15, 0.2) is 18.2 Å². The Balaban J connectivity index is 0.00000200. The van der Waals surface area contributed by atoms with Crippen LogP contribution in [0.3, 0.4) is 0 Å². The highest BCUT2D eigenvalue weighted by atomic mass is 35.5. The fourth-order valence-electron chi connectivity index (χ4n) is 2.72. The summed E-state index contributed by atoms with van der Waals surface area (Å²) < 4.78 is 0. The average molecular weight is 317 g/mol. The van der Waals surface area contributed by atoms with Crippen LogP contribution < -0.4 is 10.6 Å².